The number of nitrogens with two attached hydrogens (primary N) is 1. The number of hydrogen-bond donors (Lipinski definition) is 2. The molecule has 1 aromatic carbocycles. The van der Waals surface area contributed by atoms with Crippen molar-refractivity contribution in [2.45, 2.75) is 18.9 Å². The molecule has 0 aliphatic heterocycles. The van der Waals surface area contributed by atoms with Gasteiger partial charge in [-0.1, -0.05) is 0 Å². The van der Waals surface area contributed by atoms with Gasteiger partial charge in [0.15, 0.2) is 11.6 Å². The molecule has 1 aromatic rings. The number of nitrogens with zero attached hydrogens (tertiary/aromatic N) is 1. The lowest BCUT2D eigenvalue weighted by Crippen LogP contribution is -2.38. The van der Waals surface area contributed by atoms with Crippen LogP contribution in [0.5, 0.6) is 0 Å². The van der Waals surface area contributed by atoms with Gasteiger partial charge in [0.05, 0.1) is 11.0 Å². The summed E-state index contributed by atoms with van der Waals surface area (Å²) in [6, 6.07) is 0.680. The van der Waals surface area contributed by atoms with E-state index in [0.717, 1.165) is 12.8 Å². The van der Waals surface area contributed by atoms with Gasteiger partial charge in [0, 0.05) is 12.6 Å². The van der Waals surface area contributed by atoms with Crippen LogP contribution in [0.2, 0.25) is 0 Å². The van der Waals surface area contributed by atoms with E-state index in [4.69, 9.17) is 5.73 Å². The third-order valence-electron chi connectivity index (χ3n) is 3.21. The first-order valence-electron chi connectivity index (χ1n) is 6.07. The molecule has 1 amide bonds. The number of nitro groups is 1. The molecule has 1 aliphatic rings. The standard InChI is InChI=1S/C12H13F2N3O3/c13-8-3-7(11(17(19)20)4-9(8)14)12(18)16-5-10(15)6-1-2-6/h3-4,6,10H,1-2,5,15H2,(H,16,18). The average molecular weight is 285 g/mol. The topological polar surface area (TPSA) is 98.3 Å². The fourth-order valence-electron chi connectivity index (χ4n) is 1.87. The van der Waals surface area contributed by atoms with Crippen LogP contribution in [-0.4, -0.2) is 23.4 Å². The highest BCUT2D eigenvalue weighted by molar-refractivity contribution is 5.98. The van der Waals surface area contributed by atoms with Gasteiger partial charge >= 0.3 is 0 Å². The predicted octanol–water partition coefficient (Wildman–Crippen LogP) is 1.34. The van der Waals surface area contributed by atoms with Gasteiger partial charge in [-0.25, -0.2) is 8.78 Å². The normalized spacial score (nSPS) is 15.8. The molecule has 3 N–H and O–H groups in total. The first kappa shape index (κ1) is 14.3. The van der Waals surface area contributed by atoms with Crippen LogP contribution in [0.1, 0.15) is 23.2 Å². The van der Waals surface area contributed by atoms with Crippen LogP contribution in [0.4, 0.5) is 14.5 Å². The third kappa shape index (κ3) is 3.08. The zero-order valence-electron chi connectivity index (χ0n) is 10.4. The van der Waals surface area contributed by atoms with Crippen LogP contribution in [-0.2, 0) is 0 Å². The van der Waals surface area contributed by atoms with Crippen molar-refractivity contribution >= 4 is 11.6 Å². The summed E-state index contributed by atoms with van der Waals surface area (Å²) < 4.78 is 26.1. The molecule has 1 atom stereocenters. The van der Waals surface area contributed by atoms with E-state index in [-0.39, 0.29) is 12.6 Å². The molecule has 0 spiro atoms. The maximum Gasteiger partial charge on any atom is 0.285 e. The lowest BCUT2D eigenvalue weighted by atomic mass is 10.1. The zero-order chi connectivity index (χ0) is 14.9. The van der Waals surface area contributed by atoms with Crippen molar-refractivity contribution in [1.82, 2.24) is 5.32 Å². The van der Waals surface area contributed by atoms with E-state index in [1.54, 1.807) is 0 Å². The second-order valence-electron chi connectivity index (χ2n) is 4.75. The quantitative estimate of drug-likeness (QED) is 0.630. The predicted molar refractivity (Wildman–Crippen MR) is 66.0 cm³/mol. The molecule has 0 aromatic heterocycles. The first-order chi connectivity index (χ1) is 9.40. The summed E-state index contributed by atoms with van der Waals surface area (Å²) >= 11 is 0. The van der Waals surface area contributed by atoms with E-state index >= 15 is 0 Å². The van der Waals surface area contributed by atoms with Crippen LogP contribution < -0.4 is 11.1 Å². The molecule has 2 rings (SSSR count). The van der Waals surface area contributed by atoms with Crippen LogP contribution >= 0.6 is 0 Å². The highest BCUT2D eigenvalue weighted by Crippen LogP contribution is 2.31. The highest BCUT2D eigenvalue weighted by Gasteiger charge is 2.29. The Morgan fingerprint density at radius 3 is 2.60 bits per heavy atom. The Hall–Kier alpha value is -2.09. The summed E-state index contributed by atoms with van der Waals surface area (Å²) in [6.45, 7) is 0.139. The number of benzene rings is 1. The molecule has 0 bridgehead atoms. The number of halogens is 2. The van der Waals surface area contributed by atoms with Crippen molar-refractivity contribution < 1.29 is 18.5 Å². The average Bonchev–Trinajstić information content (AvgIpc) is 3.22. The van der Waals surface area contributed by atoms with Crippen LogP contribution in [0, 0.1) is 27.7 Å². The molecule has 108 valence electrons. The zero-order valence-corrected chi connectivity index (χ0v) is 10.4. The molecule has 20 heavy (non-hydrogen) atoms. The van der Waals surface area contributed by atoms with Crippen molar-refractivity contribution in [3.8, 4) is 0 Å². The van der Waals surface area contributed by atoms with Crippen molar-refractivity contribution in [2.75, 3.05) is 6.54 Å². The third-order valence-corrected chi connectivity index (χ3v) is 3.21. The Kier molecular flexibility index (Phi) is 3.93. The molecule has 1 aliphatic carbocycles. The molecule has 1 fully saturated rings. The SMILES string of the molecule is NC(CNC(=O)c1cc(F)c(F)cc1[N+](=O)[O-])C1CC1. The minimum absolute atomic E-state index is 0.139. The minimum atomic E-state index is -1.37. The molecular weight excluding hydrogens is 272 g/mol. The number of nitro benzene ring substituents is 1. The number of hydrogen-bond acceptors (Lipinski definition) is 4. The largest absolute Gasteiger partial charge is 0.350 e. The summed E-state index contributed by atoms with van der Waals surface area (Å²) in [5, 5.41) is 13.2. The fraction of sp³-hybridized carbons (Fsp3) is 0.417. The van der Waals surface area contributed by atoms with Gasteiger partial charge in [-0.3, -0.25) is 14.9 Å². The van der Waals surface area contributed by atoms with Crippen LogP contribution in [0.3, 0.4) is 0 Å². The first-order valence-corrected chi connectivity index (χ1v) is 6.07. The fourth-order valence-corrected chi connectivity index (χ4v) is 1.87. The summed E-state index contributed by atoms with van der Waals surface area (Å²) in [6.07, 6.45) is 1.98. The van der Waals surface area contributed by atoms with E-state index in [0.29, 0.717) is 18.1 Å². The Labute approximate surface area is 113 Å². The molecule has 0 radical (unpaired) electrons. The summed E-state index contributed by atoms with van der Waals surface area (Å²) in [7, 11) is 0. The smallest absolute Gasteiger partial charge is 0.285 e. The molecule has 6 nitrogen and oxygen atoms in total. The molecule has 8 heteroatoms. The molecular formula is C12H13F2N3O3. The van der Waals surface area contributed by atoms with Crippen LogP contribution in [0.25, 0.3) is 0 Å². The Morgan fingerprint density at radius 1 is 1.45 bits per heavy atom. The van der Waals surface area contributed by atoms with Gasteiger partial charge in [-0.05, 0) is 24.8 Å². The van der Waals surface area contributed by atoms with E-state index in [1.807, 2.05) is 0 Å². The number of amides is 1. The monoisotopic (exact) mass is 285 g/mol. The van der Waals surface area contributed by atoms with Crippen molar-refractivity contribution in [3.05, 3.63) is 39.4 Å². The maximum absolute atomic E-state index is 13.1. The van der Waals surface area contributed by atoms with Gasteiger partial charge in [0.25, 0.3) is 11.6 Å². The van der Waals surface area contributed by atoms with E-state index < -0.39 is 33.7 Å². The molecule has 0 saturated heterocycles. The van der Waals surface area contributed by atoms with Crippen molar-refractivity contribution in [3.63, 3.8) is 0 Å². The maximum atomic E-state index is 13.1. The Balaban J connectivity index is 2.15. The van der Waals surface area contributed by atoms with Gasteiger partial charge < -0.3 is 11.1 Å². The molecule has 1 saturated carbocycles. The van der Waals surface area contributed by atoms with Gasteiger partial charge in [-0.15, -0.1) is 0 Å². The summed E-state index contributed by atoms with van der Waals surface area (Å²) in [5.74, 6) is -3.18. The lowest BCUT2D eigenvalue weighted by Gasteiger charge is -2.11. The van der Waals surface area contributed by atoms with Gasteiger partial charge in [0.1, 0.15) is 5.56 Å². The minimum Gasteiger partial charge on any atom is -0.350 e. The number of nitrogens with one attached hydrogen (secondary N) is 1. The van der Waals surface area contributed by atoms with Gasteiger partial charge in [-0.2, -0.15) is 0 Å². The molecule has 0 heterocycles. The van der Waals surface area contributed by atoms with Crippen LogP contribution in [0.15, 0.2) is 12.1 Å². The van der Waals surface area contributed by atoms with Crippen molar-refractivity contribution in [1.29, 1.82) is 0 Å². The van der Waals surface area contributed by atoms with Gasteiger partial charge in [0.2, 0.25) is 0 Å². The second-order valence-corrected chi connectivity index (χ2v) is 4.75. The second kappa shape index (κ2) is 5.49. The number of rotatable bonds is 5. The van der Waals surface area contributed by atoms with Crippen molar-refractivity contribution in [2.24, 2.45) is 11.7 Å². The van der Waals surface area contributed by atoms with E-state index in [9.17, 15) is 23.7 Å². The summed E-state index contributed by atoms with van der Waals surface area (Å²) in [5.41, 5.74) is 4.48. The summed E-state index contributed by atoms with van der Waals surface area (Å²) in [4.78, 5) is 21.6. The van der Waals surface area contributed by atoms with E-state index in [2.05, 4.69) is 5.32 Å². The Bertz CT molecular complexity index is 561. The Morgan fingerprint density at radius 2 is 2.05 bits per heavy atom. The highest BCUT2D eigenvalue weighted by atomic mass is 19.2. The molecule has 1 unspecified atom stereocenters. The lowest BCUT2D eigenvalue weighted by molar-refractivity contribution is -0.385. The number of carbonyl (C=O) groups excluding carboxylic acids is 1. The number of carbonyl (C=O) groups is 1. The van der Waals surface area contributed by atoms with E-state index in [1.165, 1.54) is 0 Å².